The molecule has 22 heavy (non-hydrogen) atoms. The maximum Gasteiger partial charge on any atom is 0.207 e. The lowest BCUT2D eigenvalue weighted by molar-refractivity contribution is -0.110. The lowest BCUT2D eigenvalue weighted by Crippen LogP contribution is -2.36. The molecule has 0 bridgehead atoms. The predicted molar refractivity (Wildman–Crippen MR) is 94.8 cm³/mol. The van der Waals surface area contributed by atoms with Crippen molar-refractivity contribution < 1.29 is 4.79 Å². The van der Waals surface area contributed by atoms with Gasteiger partial charge in [0.2, 0.25) is 6.41 Å². The van der Waals surface area contributed by atoms with Crippen LogP contribution in [0.15, 0.2) is 42.0 Å². The molecule has 0 aliphatic rings. The van der Waals surface area contributed by atoms with E-state index in [-0.39, 0.29) is 6.04 Å². The highest BCUT2D eigenvalue weighted by molar-refractivity contribution is 5.47. The summed E-state index contributed by atoms with van der Waals surface area (Å²) >= 11 is 0. The summed E-state index contributed by atoms with van der Waals surface area (Å²) in [5.41, 5.74) is 2.76. The molecule has 1 N–H and O–H groups in total. The van der Waals surface area contributed by atoms with Crippen molar-refractivity contribution in [3.8, 4) is 0 Å². The molecule has 0 heterocycles. The Morgan fingerprint density at radius 2 is 1.91 bits per heavy atom. The molecule has 0 radical (unpaired) electrons. The van der Waals surface area contributed by atoms with Gasteiger partial charge >= 0.3 is 0 Å². The van der Waals surface area contributed by atoms with Crippen LogP contribution >= 0.6 is 0 Å². The molecule has 0 aliphatic carbocycles. The minimum atomic E-state index is 0.254. The number of carbonyl (C=O) groups excluding carboxylic acids is 1. The molecule has 0 aliphatic heterocycles. The first-order valence-electron chi connectivity index (χ1n) is 8.60. The van der Waals surface area contributed by atoms with E-state index in [1.165, 1.54) is 11.1 Å². The van der Waals surface area contributed by atoms with Crippen LogP contribution in [0.4, 0.5) is 0 Å². The fraction of sp³-hybridized carbons (Fsp3) is 0.550. The number of allylic oxidation sites excluding steroid dienone is 1. The van der Waals surface area contributed by atoms with Gasteiger partial charge < -0.3 is 5.32 Å². The Kier molecular flexibility index (Phi) is 9.29. The van der Waals surface area contributed by atoms with Gasteiger partial charge in [-0.1, -0.05) is 62.2 Å². The Morgan fingerprint density at radius 1 is 1.18 bits per heavy atom. The van der Waals surface area contributed by atoms with Crippen LogP contribution < -0.4 is 5.32 Å². The molecule has 1 aromatic carbocycles. The summed E-state index contributed by atoms with van der Waals surface area (Å²) in [5, 5.41) is 3.07. The van der Waals surface area contributed by atoms with Gasteiger partial charge in [0.1, 0.15) is 0 Å². The van der Waals surface area contributed by atoms with Crippen LogP contribution in [0.3, 0.4) is 0 Å². The first kappa shape index (κ1) is 18.5. The highest BCUT2D eigenvalue weighted by atomic mass is 16.1. The molecule has 2 unspecified atom stereocenters. The summed E-state index contributed by atoms with van der Waals surface area (Å²) in [7, 11) is 0. The number of hydrogen-bond acceptors (Lipinski definition) is 1. The maximum atomic E-state index is 11.0. The van der Waals surface area contributed by atoms with Gasteiger partial charge in [-0.15, -0.1) is 0 Å². The van der Waals surface area contributed by atoms with Crippen molar-refractivity contribution in [1.82, 2.24) is 5.32 Å². The molecule has 0 aromatic heterocycles. The predicted octanol–water partition coefficient (Wildman–Crippen LogP) is 4.90. The van der Waals surface area contributed by atoms with Crippen molar-refractivity contribution in [3.63, 3.8) is 0 Å². The van der Waals surface area contributed by atoms with Crippen LogP contribution in [0.5, 0.6) is 0 Å². The topological polar surface area (TPSA) is 29.1 Å². The molecule has 0 saturated heterocycles. The fourth-order valence-electron chi connectivity index (χ4n) is 3.14. The van der Waals surface area contributed by atoms with Gasteiger partial charge in [0.15, 0.2) is 0 Å². The van der Waals surface area contributed by atoms with Gasteiger partial charge in [-0.2, -0.15) is 0 Å². The molecule has 2 atom stereocenters. The maximum absolute atomic E-state index is 11.0. The van der Waals surface area contributed by atoms with Crippen LogP contribution in [-0.2, 0) is 11.2 Å². The van der Waals surface area contributed by atoms with Gasteiger partial charge in [-0.25, -0.2) is 0 Å². The van der Waals surface area contributed by atoms with Crippen LogP contribution in [0.25, 0.3) is 0 Å². The molecular formula is C20H31NO. The quantitative estimate of drug-likeness (QED) is 0.457. The summed E-state index contributed by atoms with van der Waals surface area (Å²) in [6.07, 6.45) is 9.69. The van der Waals surface area contributed by atoms with Crippen LogP contribution in [0.2, 0.25) is 0 Å². The largest absolute Gasteiger partial charge is 0.355 e. The van der Waals surface area contributed by atoms with Crippen molar-refractivity contribution in [2.75, 3.05) is 0 Å². The molecule has 2 nitrogen and oxygen atoms in total. The molecule has 2 heteroatoms. The molecular weight excluding hydrogens is 270 g/mol. The summed E-state index contributed by atoms with van der Waals surface area (Å²) in [5.74, 6) is 0.538. The van der Waals surface area contributed by atoms with Crippen molar-refractivity contribution in [2.24, 2.45) is 5.92 Å². The third kappa shape index (κ3) is 6.93. The number of aryl methyl sites for hydroxylation is 1. The van der Waals surface area contributed by atoms with Crippen molar-refractivity contribution >= 4 is 6.41 Å². The minimum absolute atomic E-state index is 0.254. The van der Waals surface area contributed by atoms with Gasteiger partial charge in [-0.3, -0.25) is 4.79 Å². The fourth-order valence-corrected chi connectivity index (χ4v) is 3.14. The zero-order valence-electron chi connectivity index (χ0n) is 14.3. The Labute approximate surface area is 136 Å². The monoisotopic (exact) mass is 301 g/mol. The molecule has 0 spiro atoms. The lowest BCUT2D eigenvalue weighted by atomic mass is 9.85. The SMILES string of the molecule is CC/C=C(/C)CC(NC=O)C(CCC)CCc1ccccc1. The van der Waals surface area contributed by atoms with E-state index in [9.17, 15) is 4.79 Å². The van der Waals surface area contributed by atoms with Crippen LogP contribution in [0.1, 0.15) is 58.4 Å². The number of nitrogens with one attached hydrogen (secondary N) is 1. The molecule has 1 amide bonds. The van der Waals surface area contributed by atoms with Crippen LogP contribution in [0, 0.1) is 5.92 Å². The Balaban J connectivity index is 2.70. The zero-order valence-corrected chi connectivity index (χ0v) is 14.3. The van der Waals surface area contributed by atoms with E-state index < -0.39 is 0 Å². The molecule has 122 valence electrons. The molecule has 0 fully saturated rings. The average molecular weight is 301 g/mol. The number of hydrogen-bond donors (Lipinski definition) is 1. The van der Waals surface area contributed by atoms with Crippen molar-refractivity contribution in [3.05, 3.63) is 47.5 Å². The Morgan fingerprint density at radius 3 is 2.50 bits per heavy atom. The summed E-state index contributed by atoms with van der Waals surface area (Å²) in [6.45, 7) is 6.55. The minimum Gasteiger partial charge on any atom is -0.355 e. The van der Waals surface area contributed by atoms with E-state index in [0.29, 0.717) is 5.92 Å². The number of benzene rings is 1. The molecule has 1 rings (SSSR count). The second-order valence-corrected chi connectivity index (χ2v) is 6.13. The third-order valence-electron chi connectivity index (χ3n) is 4.25. The van der Waals surface area contributed by atoms with Gasteiger partial charge in [-0.05, 0) is 50.5 Å². The highest BCUT2D eigenvalue weighted by Crippen LogP contribution is 2.23. The van der Waals surface area contributed by atoms with E-state index in [4.69, 9.17) is 0 Å². The third-order valence-corrected chi connectivity index (χ3v) is 4.25. The molecule has 1 aromatic rings. The van der Waals surface area contributed by atoms with Crippen LogP contribution in [-0.4, -0.2) is 12.5 Å². The number of carbonyl (C=O) groups is 1. The summed E-state index contributed by atoms with van der Waals surface area (Å²) in [6, 6.07) is 10.9. The first-order chi connectivity index (χ1) is 10.7. The standard InChI is InChI=1S/C20H31NO/c1-4-9-17(3)15-20(21-16-22)19(10-5-2)14-13-18-11-7-6-8-12-18/h6-9,11-12,16,19-20H,4-5,10,13-15H2,1-3H3,(H,21,22)/b17-9-. The summed E-state index contributed by atoms with van der Waals surface area (Å²) < 4.78 is 0. The van der Waals surface area contributed by atoms with Crippen molar-refractivity contribution in [2.45, 2.75) is 65.3 Å². The zero-order chi connectivity index (χ0) is 16.2. The molecule has 0 saturated carbocycles. The second-order valence-electron chi connectivity index (χ2n) is 6.13. The number of rotatable bonds is 11. The van der Waals surface area contributed by atoms with Crippen molar-refractivity contribution in [1.29, 1.82) is 0 Å². The summed E-state index contributed by atoms with van der Waals surface area (Å²) in [4.78, 5) is 11.0. The normalized spacial score (nSPS) is 14.4. The average Bonchev–Trinajstić information content (AvgIpc) is 2.52. The number of amides is 1. The van der Waals surface area contributed by atoms with E-state index >= 15 is 0 Å². The van der Waals surface area contributed by atoms with E-state index in [2.05, 4.69) is 62.5 Å². The van der Waals surface area contributed by atoms with E-state index in [1.54, 1.807) is 0 Å². The lowest BCUT2D eigenvalue weighted by Gasteiger charge is -2.27. The van der Waals surface area contributed by atoms with Gasteiger partial charge in [0.25, 0.3) is 0 Å². The highest BCUT2D eigenvalue weighted by Gasteiger charge is 2.20. The van der Waals surface area contributed by atoms with Gasteiger partial charge in [0, 0.05) is 6.04 Å². The Hall–Kier alpha value is -1.57. The smallest absolute Gasteiger partial charge is 0.207 e. The van der Waals surface area contributed by atoms with E-state index in [0.717, 1.165) is 44.9 Å². The van der Waals surface area contributed by atoms with Gasteiger partial charge in [0.05, 0.1) is 0 Å². The second kappa shape index (κ2) is 11.1. The van der Waals surface area contributed by atoms with E-state index in [1.807, 2.05) is 0 Å². The Bertz CT molecular complexity index is 438. The first-order valence-corrected chi connectivity index (χ1v) is 8.60.